The van der Waals surface area contributed by atoms with E-state index in [9.17, 15) is 4.79 Å². The molecular weight excluding hydrogens is 520 g/mol. The van der Waals surface area contributed by atoms with E-state index in [1.807, 2.05) is 24.3 Å². The fourth-order valence-electron chi connectivity index (χ4n) is 3.37. The molecule has 0 heterocycles. The van der Waals surface area contributed by atoms with Crippen LogP contribution in [0.3, 0.4) is 0 Å². The second kappa shape index (κ2) is 11.4. The maximum Gasteiger partial charge on any atom is 0.302 e. The summed E-state index contributed by atoms with van der Waals surface area (Å²) in [4.78, 5) is 10.7. The third kappa shape index (κ3) is 6.16. The minimum absolute atomic E-state index is 0.191. The number of ether oxygens (including phenoxy) is 1. The summed E-state index contributed by atoms with van der Waals surface area (Å²) in [6.45, 7) is 2.04. The van der Waals surface area contributed by atoms with Gasteiger partial charge in [0.2, 0.25) is 0 Å². The van der Waals surface area contributed by atoms with E-state index in [4.69, 9.17) is 9.84 Å². The summed E-state index contributed by atoms with van der Waals surface area (Å²) in [6.07, 6.45) is 1.43. The summed E-state index contributed by atoms with van der Waals surface area (Å²) in [5.41, 5.74) is 2.32. The second-order valence-electron chi connectivity index (χ2n) is 7.08. The highest BCUT2D eigenvalue weighted by atomic mass is 79.9. The molecule has 0 aliphatic rings. The molecule has 4 rings (SSSR count). The van der Waals surface area contributed by atoms with Gasteiger partial charge < -0.3 is 9.84 Å². The van der Waals surface area contributed by atoms with Crippen molar-refractivity contribution in [3.05, 3.63) is 92.9 Å². The fourth-order valence-corrected chi connectivity index (χ4v) is 4.75. The van der Waals surface area contributed by atoms with Gasteiger partial charge in [0.25, 0.3) is 0 Å². The Morgan fingerprint density at radius 1 is 0.774 bits per heavy atom. The highest BCUT2D eigenvalue weighted by Crippen LogP contribution is 2.28. The maximum atomic E-state index is 10.7. The molecule has 0 aliphatic carbocycles. The number of halogens is 2. The highest BCUT2D eigenvalue weighted by Gasteiger charge is 2.05. The van der Waals surface area contributed by atoms with E-state index in [0.717, 1.165) is 26.5 Å². The van der Waals surface area contributed by atoms with Crippen LogP contribution in [0.1, 0.15) is 18.1 Å². The zero-order valence-electron chi connectivity index (χ0n) is 17.3. The Labute approximate surface area is 199 Å². The first-order chi connectivity index (χ1) is 15.0. The van der Waals surface area contributed by atoms with E-state index in [-0.39, 0.29) is 12.6 Å². The third-order valence-electron chi connectivity index (χ3n) is 4.94. The number of hydrogen-bond acceptors (Lipinski definition) is 3. The molecule has 0 amide bonds. The minimum Gasteiger partial charge on any atom is -0.466 e. The number of hydrogen-bond donors (Lipinski definition) is 1. The Kier molecular flexibility index (Phi) is 8.64. The Morgan fingerprint density at radius 3 is 1.74 bits per heavy atom. The molecule has 4 aromatic carbocycles. The van der Waals surface area contributed by atoms with Crippen molar-refractivity contribution in [1.82, 2.24) is 0 Å². The van der Waals surface area contributed by atoms with Gasteiger partial charge in [-0.1, -0.05) is 72.8 Å². The molecule has 160 valence electrons. The van der Waals surface area contributed by atoms with Crippen LogP contribution in [0.2, 0.25) is 0 Å². The summed E-state index contributed by atoms with van der Waals surface area (Å²) >= 11 is 7.18. The monoisotopic (exact) mass is 542 g/mol. The van der Waals surface area contributed by atoms with Crippen molar-refractivity contribution in [2.24, 2.45) is 0 Å². The maximum absolute atomic E-state index is 10.7. The van der Waals surface area contributed by atoms with E-state index in [0.29, 0.717) is 13.0 Å². The lowest BCUT2D eigenvalue weighted by atomic mass is 10.1. The van der Waals surface area contributed by atoms with Crippen LogP contribution < -0.4 is 0 Å². The lowest BCUT2D eigenvalue weighted by molar-refractivity contribution is -0.140. The van der Waals surface area contributed by atoms with Gasteiger partial charge in [-0.2, -0.15) is 0 Å². The third-order valence-corrected chi connectivity index (χ3v) is 6.82. The molecule has 0 aliphatic heterocycles. The highest BCUT2D eigenvalue weighted by molar-refractivity contribution is 9.11. The van der Waals surface area contributed by atoms with Gasteiger partial charge >= 0.3 is 5.97 Å². The second-order valence-corrected chi connectivity index (χ2v) is 8.67. The van der Waals surface area contributed by atoms with Crippen LogP contribution in [0.25, 0.3) is 21.5 Å². The molecule has 0 aromatic heterocycles. The topological polar surface area (TPSA) is 46.5 Å². The summed E-state index contributed by atoms with van der Waals surface area (Å²) < 4.78 is 7.14. The predicted octanol–water partition coefficient (Wildman–Crippen LogP) is 6.85. The standard InChI is InChI=1S/C14H13BrO2.C12H11BrO/c1-10(16)17-9-8-12-7-6-11-4-2-3-5-13(11)14(12)15;13-12-10(7-8-14)6-5-9-3-1-2-4-11(9)12/h2-7H,8-9H2,1H3;1-6,14H,7-8H2. The van der Waals surface area contributed by atoms with Crippen molar-refractivity contribution in [2.75, 3.05) is 13.2 Å². The summed E-state index contributed by atoms with van der Waals surface area (Å²) in [7, 11) is 0. The van der Waals surface area contributed by atoms with Crippen LogP contribution in [0.4, 0.5) is 0 Å². The molecule has 31 heavy (non-hydrogen) atoms. The van der Waals surface area contributed by atoms with Crippen molar-refractivity contribution in [1.29, 1.82) is 0 Å². The Balaban J connectivity index is 0.000000179. The van der Waals surface area contributed by atoms with E-state index < -0.39 is 0 Å². The molecule has 4 aromatic rings. The van der Waals surface area contributed by atoms with Crippen LogP contribution in [-0.2, 0) is 22.4 Å². The Morgan fingerprint density at radius 2 is 1.26 bits per heavy atom. The smallest absolute Gasteiger partial charge is 0.302 e. The van der Waals surface area contributed by atoms with E-state index in [1.54, 1.807) is 0 Å². The van der Waals surface area contributed by atoms with Crippen molar-refractivity contribution < 1.29 is 14.6 Å². The average Bonchev–Trinajstić information content (AvgIpc) is 2.78. The van der Waals surface area contributed by atoms with Crippen molar-refractivity contribution >= 4 is 59.4 Å². The van der Waals surface area contributed by atoms with Gasteiger partial charge in [0.15, 0.2) is 0 Å². The van der Waals surface area contributed by atoms with Crippen LogP contribution in [0.5, 0.6) is 0 Å². The number of aliphatic hydroxyl groups is 1. The van der Waals surface area contributed by atoms with Gasteiger partial charge in [0.1, 0.15) is 0 Å². The van der Waals surface area contributed by atoms with Gasteiger partial charge in [-0.15, -0.1) is 0 Å². The normalized spacial score (nSPS) is 10.6. The molecule has 0 bridgehead atoms. The van der Waals surface area contributed by atoms with Gasteiger partial charge in [-0.3, -0.25) is 4.79 Å². The lowest BCUT2D eigenvalue weighted by Gasteiger charge is -2.08. The number of aliphatic hydroxyl groups excluding tert-OH is 1. The molecule has 1 N–H and O–H groups in total. The molecule has 0 unspecified atom stereocenters. The number of carbonyl (C=O) groups is 1. The zero-order valence-corrected chi connectivity index (χ0v) is 20.4. The van der Waals surface area contributed by atoms with Crippen molar-refractivity contribution in [2.45, 2.75) is 19.8 Å². The Bertz CT molecular complexity index is 1190. The van der Waals surface area contributed by atoms with Gasteiger partial charge in [-0.05, 0) is 71.0 Å². The fraction of sp³-hybridized carbons (Fsp3) is 0.192. The molecular formula is C26H24Br2O3. The largest absolute Gasteiger partial charge is 0.466 e. The summed E-state index contributed by atoms with van der Waals surface area (Å²) in [5.74, 6) is -0.234. The Hall–Kier alpha value is -2.21. The first kappa shape index (κ1) is 23.5. The van der Waals surface area contributed by atoms with Crippen LogP contribution in [0.15, 0.2) is 81.7 Å². The molecule has 0 saturated heterocycles. The molecule has 0 radical (unpaired) electrons. The molecule has 0 atom stereocenters. The number of esters is 1. The van der Waals surface area contributed by atoms with E-state index >= 15 is 0 Å². The number of carbonyl (C=O) groups excluding carboxylic acids is 1. The molecule has 0 saturated carbocycles. The van der Waals surface area contributed by atoms with Crippen LogP contribution in [-0.4, -0.2) is 24.3 Å². The van der Waals surface area contributed by atoms with E-state index in [2.05, 4.69) is 80.4 Å². The van der Waals surface area contributed by atoms with Gasteiger partial charge in [-0.25, -0.2) is 0 Å². The lowest BCUT2D eigenvalue weighted by Crippen LogP contribution is -2.03. The first-order valence-corrected chi connectivity index (χ1v) is 11.7. The average molecular weight is 544 g/mol. The molecule has 0 fully saturated rings. The zero-order chi connectivity index (χ0) is 22.2. The van der Waals surface area contributed by atoms with Crippen molar-refractivity contribution in [3.63, 3.8) is 0 Å². The van der Waals surface area contributed by atoms with Crippen molar-refractivity contribution in [3.8, 4) is 0 Å². The van der Waals surface area contributed by atoms with E-state index in [1.165, 1.54) is 28.5 Å². The number of fused-ring (bicyclic) bond motifs is 2. The molecule has 3 nitrogen and oxygen atoms in total. The number of benzene rings is 4. The minimum atomic E-state index is -0.234. The predicted molar refractivity (Wildman–Crippen MR) is 134 cm³/mol. The van der Waals surface area contributed by atoms with Gasteiger partial charge in [0, 0.05) is 28.9 Å². The molecule has 0 spiro atoms. The molecule has 5 heteroatoms. The SMILES string of the molecule is CC(=O)OCCc1ccc2ccccc2c1Br.OCCc1ccc2ccccc2c1Br. The van der Waals surface area contributed by atoms with Gasteiger partial charge in [0.05, 0.1) is 6.61 Å². The summed E-state index contributed by atoms with van der Waals surface area (Å²) in [5, 5.41) is 13.7. The van der Waals surface area contributed by atoms with Crippen LogP contribution >= 0.6 is 31.9 Å². The quantitative estimate of drug-likeness (QED) is 0.280. The van der Waals surface area contributed by atoms with Crippen LogP contribution in [0, 0.1) is 0 Å². The summed E-state index contributed by atoms with van der Waals surface area (Å²) in [6, 6.07) is 24.7. The first-order valence-electron chi connectivity index (χ1n) is 10.1. The number of rotatable bonds is 5.